The van der Waals surface area contributed by atoms with Gasteiger partial charge in [0, 0.05) is 45.7 Å². The third kappa shape index (κ3) is 2.74. The lowest BCUT2D eigenvalue weighted by Crippen LogP contribution is -2.31. The Kier molecular flexibility index (Phi) is 3.79. The molecular formula is C11H19N3O2. The summed E-state index contributed by atoms with van der Waals surface area (Å²) in [6.07, 6.45) is 6.29. The maximum atomic E-state index is 11.5. The lowest BCUT2D eigenvalue weighted by molar-refractivity contribution is 0.110. The molecule has 5 nitrogen and oxygen atoms in total. The lowest BCUT2D eigenvalue weighted by Gasteiger charge is -2.10. The fourth-order valence-electron chi connectivity index (χ4n) is 1.95. The fraction of sp³-hybridized carbons (Fsp3) is 0.727. The lowest BCUT2D eigenvalue weighted by atomic mass is 10.2. The molecule has 0 saturated carbocycles. The summed E-state index contributed by atoms with van der Waals surface area (Å²) in [5, 5.41) is 3.32. The van der Waals surface area contributed by atoms with Crippen LogP contribution >= 0.6 is 0 Å². The van der Waals surface area contributed by atoms with Gasteiger partial charge < -0.3 is 14.6 Å². The van der Waals surface area contributed by atoms with Gasteiger partial charge in [-0.1, -0.05) is 0 Å². The van der Waals surface area contributed by atoms with Crippen LogP contribution < -0.4 is 11.0 Å². The molecule has 0 amide bonds. The van der Waals surface area contributed by atoms with Crippen LogP contribution in [0.3, 0.4) is 0 Å². The van der Waals surface area contributed by atoms with E-state index in [-0.39, 0.29) is 5.69 Å². The Morgan fingerprint density at radius 1 is 1.56 bits per heavy atom. The first kappa shape index (κ1) is 11.4. The molecule has 0 aliphatic carbocycles. The van der Waals surface area contributed by atoms with E-state index in [1.54, 1.807) is 22.4 Å². The van der Waals surface area contributed by atoms with Crippen molar-refractivity contribution in [1.82, 2.24) is 14.5 Å². The van der Waals surface area contributed by atoms with Gasteiger partial charge in [0.25, 0.3) is 0 Å². The standard InChI is InChI=1S/C11H19N3O2/c1-13-6-7-14(11(13)15)5-4-12-9-10-3-2-8-16-10/h6-7,10,12H,2-5,8-9H2,1H3. The Labute approximate surface area is 95.0 Å². The van der Waals surface area contributed by atoms with Gasteiger partial charge in [-0.3, -0.25) is 4.57 Å². The summed E-state index contributed by atoms with van der Waals surface area (Å²) in [5.41, 5.74) is 0.0407. The zero-order valence-corrected chi connectivity index (χ0v) is 9.69. The van der Waals surface area contributed by atoms with Crippen molar-refractivity contribution in [2.24, 2.45) is 7.05 Å². The van der Waals surface area contributed by atoms with Crippen molar-refractivity contribution in [3.63, 3.8) is 0 Å². The van der Waals surface area contributed by atoms with E-state index >= 15 is 0 Å². The molecule has 5 heteroatoms. The molecule has 1 fully saturated rings. The number of aryl methyl sites for hydroxylation is 1. The van der Waals surface area contributed by atoms with Crippen molar-refractivity contribution in [2.75, 3.05) is 19.7 Å². The second-order valence-corrected chi connectivity index (χ2v) is 4.22. The molecule has 90 valence electrons. The summed E-state index contributed by atoms with van der Waals surface area (Å²) in [7, 11) is 1.76. The molecular weight excluding hydrogens is 206 g/mol. The van der Waals surface area contributed by atoms with Gasteiger partial charge in [-0.15, -0.1) is 0 Å². The molecule has 0 aromatic carbocycles. The van der Waals surface area contributed by atoms with E-state index in [2.05, 4.69) is 5.32 Å². The highest BCUT2D eigenvalue weighted by molar-refractivity contribution is 4.80. The molecule has 0 radical (unpaired) electrons. The Hall–Kier alpha value is -1.07. The molecule has 1 saturated heterocycles. The highest BCUT2D eigenvalue weighted by atomic mass is 16.5. The number of imidazole rings is 1. The second-order valence-electron chi connectivity index (χ2n) is 4.22. The number of hydrogen-bond donors (Lipinski definition) is 1. The van der Waals surface area contributed by atoms with Gasteiger partial charge >= 0.3 is 5.69 Å². The highest BCUT2D eigenvalue weighted by Crippen LogP contribution is 2.10. The van der Waals surface area contributed by atoms with E-state index in [0.29, 0.717) is 12.6 Å². The first-order chi connectivity index (χ1) is 7.77. The minimum Gasteiger partial charge on any atom is -0.377 e. The summed E-state index contributed by atoms with van der Waals surface area (Å²) in [6.45, 7) is 3.31. The number of ether oxygens (including phenoxy) is 1. The van der Waals surface area contributed by atoms with Crippen LogP contribution in [0.5, 0.6) is 0 Å². The zero-order chi connectivity index (χ0) is 11.4. The molecule has 2 rings (SSSR count). The highest BCUT2D eigenvalue weighted by Gasteiger charge is 2.14. The largest absolute Gasteiger partial charge is 0.377 e. The van der Waals surface area contributed by atoms with Crippen molar-refractivity contribution in [3.05, 3.63) is 22.9 Å². The molecule has 1 N–H and O–H groups in total. The van der Waals surface area contributed by atoms with Crippen LogP contribution in [0.1, 0.15) is 12.8 Å². The average molecular weight is 225 g/mol. The zero-order valence-electron chi connectivity index (χ0n) is 9.69. The van der Waals surface area contributed by atoms with Crippen molar-refractivity contribution < 1.29 is 4.74 Å². The molecule has 1 aromatic rings. The third-order valence-electron chi connectivity index (χ3n) is 2.94. The van der Waals surface area contributed by atoms with Crippen LogP contribution in [0, 0.1) is 0 Å². The summed E-state index contributed by atoms with van der Waals surface area (Å²) >= 11 is 0. The van der Waals surface area contributed by atoms with Gasteiger partial charge in [-0.05, 0) is 12.8 Å². The first-order valence-corrected chi connectivity index (χ1v) is 5.81. The maximum absolute atomic E-state index is 11.5. The Balaban J connectivity index is 1.68. The van der Waals surface area contributed by atoms with Crippen molar-refractivity contribution >= 4 is 0 Å². The van der Waals surface area contributed by atoms with Gasteiger partial charge in [-0.2, -0.15) is 0 Å². The van der Waals surface area contributed by atoms with Gasteiger partial charge in [0.1, 0.15) is 0 Å². The van der Waals surface area contributed by atoms with Gasteiger partial charge in [-0.25, -0.2) is 4.79 Å². The summed E-state index contributed by atoms with van der Waals surface area (Å²) < 4.78 is 8.79. The summed E-state index contributed by atoms with van der Waals surface area (Å²) in [5.74, 6) is 0. The minimum atomic E-state index is 0.0407. The van der Waals surface area contributed by atoms with E-state index in [1.807, 2.05) is 6.20 Å². The fourth-order valence-corrected chi connectivity index (χ4v) is 1.95. The van der Waals surface area contributed by atoms with Gasteiger partial charge in [0.15, 0.2) is 0 Å². The predicted molar refractivity (Wildman–Crippen MR) is 61.5 cm³/mol. The van der Waals surface area contributed by atoms with Crippen LogP contribution in [0.4, 0.5) is 0 Å². The van der Waals surface area contributed by atoms with E-state index in [4.69, 9.17) is 4.74 Å². The minimum absolute atomic E-state index is 0.0407. The van der Waals surface area contributed by atoms with Gasteiger partial charge in [0.05, 0.1) is 6.10 Å². The summed E-state index contributed by atoms with van der Waals surface area (Å²) in [6, 6.07) is 0. The van der Waals surface area contributed by atoms with E-state index in [9.17, 15) is 4.79 Å². The average Bonchev–Trinajstić information content (AvgIpc) is 2.88. The Morgan fingerprint density at radius 3 is 3.06 bits per heavy atom. The van der Waals surface area contributed by atoms with Crippen LogP contribution in [0.2, 0.25) is 0 Å². The van der Waals surface area contributed by atoms with Crippen molar-refractivity contribution in [2.45, 2.75) is 25.5 Å². The molecule has 1 aliphatic rings. The SMILES string of the molecule is Cn1ccn(CCNCC2CCCO2)c1=O. The third-order valence-corrected chi connectivity index (χ3v) is 2.94. The van der Waals surface area contributed by atoms with Crippen molar-refractivity contribution in [3.8, 4) is 0 Å². The Bertz CT molecular complexity index is 377. The normalized spacial score (nSPS) is 20.4. The first-order valence-electron chi connectivity index (χ1n) is 5.81. The van der Waals surface area contributed by atoms with E-state index in [1.165, 1.54) is 6.42 Å². The molecule has 0 spiro atoms. The van der Waals surface area contributed by atoms with Crippen molar-refractivity contribution in [1.29, 1.82) is 0 Å². The number of nitrogens with zero attached hydrogens (tertiary/aromatic N) is 2. The van der Waals surface area contributed by atoms with Crippen LogP contribution in [-0.4, -0.2) is 34.9 Å². The van der Waals surface area contributed by atoms with E-state index < -0.39 is 0 Å². The topological polar surface area (TPSA) is 48.2 Å². The number of nitrogens with one attached hydrogen (secondary N) is 1. The number of hydrogen-bond acceptors (Lipinski definition) is 3. The molecule has 1 aromatic heterocycles. The Morgan fingerprint density at radius 2 is 2.44 bits per heavy atom. The monoisotopic (exact) mass is 225 g/mol. The molecule has 1 atom stereocenters. The van der Waals surface area contributed by atoms with Gasteiger partial charge in [0.2, 0.25) is 0 Å². The number of aromatic nitrogens is 2. The molecule has 16 heavy (non-hydrogen) atoms. The number of rotatable bonds is 5. The smallest absolute Gasteiger partial charge is 0.327 e. The quantitative estimate of drug-likeness (QED) is 0.715. The molecule has 0 bridgehead atoms. The predicted octanol–water partition coefficient (Wildman–Crippen LogP) is -0.0446. The maximum Gasteiger partial charge on any atom is 0.327 e. The summed E-state index contributed by atoms with van der Waals surface area (Å²) in [4.78, 5) is 11.5. The second kappa shape index (κ2) is 5.32. The molecule has 2 heterocycles. The van der Waals surface area contributed by atoms with E-state index in [0.717, 1.165) is 26.1 Å². The molecule has 1 aliphatic heterocycles. The van der Waals surface area contributed by atoms with Crippen LogP contribution in [0.15, 0.2) is 17.2 Å². The van der Waals surface area contributed by atoms with Crippen LogP contribution in [0.25, 0.3) is 0 Å². The molecule has 1 unspecified atom stereocenters. The van der Waals surface area contributed by atoms with Crippen LogP contribution in [-0.2, 0) is 18.3 Å².